The van der Waals surface area contributed by atoms with Crippen molar-refractivity contribution in [3.63, 3.8) is 0 Å². The van der Waals surface area contributed by atoms with Gasteiger partial charge in [-0.15, -0.1) is 0 Å². The molecule has 0 atom stereocenters. The maximum Gasteiger partial charge on any atom is 0.170 e. The molecule has 1 N–H and O–H groups in total. The van der Waals surface area contributed by atoms with Gasteiger partial charge in [-0.2, -0.15) is 0 Å². The predicted molar refractivity (Wildman–Crippen MR) is 68.6 cm³/mol. The fourth-order valence-corrected chi connectivity index (χ4v) is 2.32. The first kappa shape index (κ1) is 10.5. The van der Waals surface area contributed by atoms with E-state index in [9.17, 15) is 4.79 Å². The van der Waals surface area contributed by atoms with Crippen LogP contribution in [0.3, 0.4) is 0 Å². The summed E-state index contributed by atoms with van der Waals surface area (Å²) in [5.74, 6) is 0.168. The van der Waals surface area contributed by atoms with Crippen molar-refractivity contribution in [2.24, 2.45) is 4.99 Å². The average molecular weight is 229 g/mol. The van der Waals surface area contributed by atoms with Crippen molar-refractivity contribution >= 4 is 23.4 Å². The van der Waals surface area contributed by atoms with Crippen LogP contribution in [-0.4, -0.2) is 38.2 Å². The lowest BCUT2D eigenvalue weighted by atomic mass is 10.0. The van der Waals surface area contributed by atoms with E-state index in [1.165, 1.54) is 0 Å². The molecule has 88 valence electrons. The molecule has 17 heavy (non-hydrogen) atoms. The second-order valence-electron chi connectivity index (χ2n) is 4.38. The standard InChI is InChI=1S/C13H15N3O/c17-13-3-4-15-12-9-10(1-2-11(12)13)16-7-5-14-6-8-16/h1-2,4,9,14H,3,5-8H2. The molecule has 0 amide bonds. The normalized spacial score (nSPS) is 19.3. The number of nitrogens with one attached hydrogen (secondary N) is 1. The number of hydrogen-bond acceptors (Lipinski definition) is 4. The molecule has 1 aromatic rings. The van der Waals surface area contributed by atoms with Gasteiger partial charge in [0.15, 0.2) is 5.78 Å². The molecule has 1 fully saturated rings. The summed E-state index contributed by atoms with van der Waals surface area (Å²) < 4.78 is 0. The van der Waals surface area contributed by atoms with Gasteiger partial charge in [-0.05, 0) is 18.2 Å². The highest BCUT2D eigenvalue weighted by Crippen LogP contribution is 2.29. The minimum absolute atomic E-state index is 0.168. The molecule has 0 saturated carbocycles. The monoisotopic (exact) mass is 229 g/mol. The molecule has 2 heterocycles. The Morgan fingerprint density at radius 2 is 2.06 bits per heavy atom. The maximum atomic E-state index is 11.7. The number of carbonyl (C=O) groups excluding carboxylic acids is 1. The van der Waals surface area contributed by atoms with Crippen LogP contribution in [0.25, 0.3) is 0 Å². The van der Waals surface area contributed by atoms with Crippen LogP contribution >= 0.6 is 0 Å². The number of fused-ring (bicyclic) bond motifs is 1. The third-order valence-electron chi connectivity index (χ3n) is 3.27. The van der Waals surface area contributed by atoms with Crippen molar-refractivity contribution in [1.82, 2.24) is 5.32 Å². The van der Waals surface area contributed by atoms with Crippen molar-refractivity contribution in [3.05, 3.63) is 23.8 Å². The number of anilines is 1. The fourth-order valence-electron chi connectivity index (χ4n) is 2.32. The van der Waals surface area contributed by atoms with Gasteiger partial charge in [0.1, 0.15) is 0 Å². The van der Waals surface area contributed by atoms with Gasteiger partial charge in [0.05, 0.1) is 5.69 Å². The first-order valence-corrected chi connectivity index (χ1v) is 6.00. The lowest BCUT2D eigenvalue weighted by Crippen LogP contribution is -2.43. The Kier molecular flexibility index (Phi) is 2.65. The molecule has 2 aliphatic heterocycles. The summed E-state index contributed by atoms with van der Waals surface area (Å²) in [6, 6.07) is 5.96. The maximum absolute atomic E-state index is 11.7. The molecule has 4 heteroatoms. The number of nitrogens with zero attached hydrogens (tertiary/aromatic N) is 2. The first-order chi connectivity index (χ1) is 8.34. The quantitative estimate of drug-likeness (QED) is 0.791. The van der Waals surface area contributed by atoms with E-state index in [4.69, 9.17) is 0 Å². The van der Waals surface area contributed by atoms with E-state index in [-0.39, 0.29) is 5.78 Å². The SMILES string of the molecule is O=C1CC=Nc2cc(N3CCNCC3)ccc21. The zero-order chi connectivity index (χ0) is 11.7. The number of rotatable bonds is 1. The van der Waals surface area contributed by atoms with Crippen LogP contribution < -0.4 is 10.2 Å². The summed E-state index contributed by atoms with van der Waals surface area (Å²) in [6.45, 7) is 4.05. The average Bonchev–Trinajstić information content (AvgIpc) is 2.40. The Morgan fingerprint density at radius 3 is 2.88 bits per heavy atom. The number of piperazine rings is 1. The second-order valence-corrected chi connectivity index (χ2v) is 4.38. The highest BCUT2D eigenvalue weighted by molar-refractivity contribution is 6.10. The molecule has 4 nitrogen and oxygen atoms in total. The number of Topliss-reactive ketones (excluding diaryl/α,β-unsaturated/α-hetero) is 1. The largest absolute Gasteiger partial charge is 0.369 e. The molecule has 2 aliphatic rings. The van der Waals surface area contributed by atoms with Crippen LogP contribution in [0.15, 0.2) is 23.2 Å². The molecular weight excluding hydrogens is 214 g/mol. The molecule has 3 rings (SSSR count). The van der Waals surface area contributed by atoms with Crippen LogP contribution in [0.2, 0.25) is 0 Å². The lowest BCUT2D eigenvalue weighted by Gasteiger charge is -2.30. The second kappa shape index (κ2) is 4.30. The van der Waals surface area contributed by atoms with E-state index in [1.807, 2.05) is 18.2 Å². The van der Waals surface area contributed by atoms with Crippen LogP contribution in [0.5, 0.6) is 0 Å². The van der Waals surface area contributed by atoms with Gasteiger partial charge < -0.3 is 10.2 Å². The van der Waals surface area contributed by atoms with Gasteiger partial charge in [0.2, 0.25) is 0 Å². The van der Waals surface area contributed by atoms with Crippen molar-refractivity contribution in [3.8, 4) is 0 Å². The summed E-state index contributed by atoms with van der Waals surface area (Å²) in [5.41, 5.74) is 2.74. The smallest absolute Gasteiger partial charge is 0.170 e. The minimum atomic E-state index is 0.168. The molecule has 0 aliphatic carbocycles. The molecule has 0 radical (unpaired) electrons. The van der Waals surface area contributed by atoms with E-state index >= 15 is 0 Å². The third kappa shape index (κ3) is 1.96. The van der Waals surface area contributed by atoms with Gasteiger partial charge in [0, 0.05) is 50.1 Å². The van der Waals surface area contributed by atoms with Crippen LogP contribution in [0.1, 0.15) is 16.8 Å². The highest BCUT2D eigenvalue weighted by atomic mass is 16.1. The van der Waals surface area contributed by atoms with Crippen molar-refractivity contribution in [1.29, 1.82) is 0 Å². The van der Waals surface area contributed by atoms with Crippen molar-refractivity contribution < 1.29 is 4.79 Å². The number of ketones is 1. The van der Waals surface area contributed by atoms with Gasteiger partial charge in [-0.3, -0.25) is 9.79 Å². The van der Waals surface area contributed by atoms with Crippen LogP contribution in [0, 0.1) is 0 Å². The molecule has 0 spiro atoms. The topological polar surface area (TPSA) is 44.7 Å². The first-order valence-electron chi connectivity index (χ1n) is 6.00. The minimum Gasteiger partial charge on any atom is -0.369 e. The van der Waals surface area contributed by atoms with E-state index in [0.717, 1.165) is 43.1 Å². The Balaban J connectivity index is 1.93. The van der Waals surface area contributed by atoms with E-state index in [2.05, 4.69) is 15.2 Å². The van der Waals surface area contributed by atoms with Gasteiger partial charge in [0.25, 0.3) is 0 Å². The fraction of sp³-hybridized carbons (Fsp3) is 0.385. The van der Waals surface area contributed by atoms with Crippen LogP contribution in [-0.2, 0) is 0 Å². The van der Waals surface area contributed by atoms with Crippen LogP contribution in [0.4, 0.5) is 11.4 Å². The Bertz CT molecular complexity index is 476. The molecule has 0 aromatic heterocycles. The van der Waals surface area contributed by atoms with Gasteiger partial charge >= 0.3 is 0 Å². The summed E-state index contributed by atoms with van der Waals surface area (Å²) in [4.78, 5) is 18.3. The Hall–Kier alpha value is -1.68. The zero-order valence-corrected chi connectivity index (χ0v) is 9.65. The Morgan fingerprint density at radius 1 is 1.24 bits per heavy atom. The van der Waals surface area contributed by atoms with Crippen molar-refractivity contribution in [2.75, 3.05) is 31.1 Å². The molecular formula is C13H15N3O. The predicted octanol–water partition coefficient (Wildman–Crippen LogP) is 1.38. The summed E-state index contributed by atoms with van der Waals surface area (Å²) >= 11 is 0. The summed E-state index contributed by atoms with van der Waals surface area (Å²) in [6.07, 6.45) is 2.13. The molecule has 0 unspecified atom stereocenters. The molecule has 1 aromatic carbocycles. The van der Waals surface area contributed by atoms with E-state index in [1.54, 1.807) is 6.21 Å². The number of benzene rings is 1. The lowest BCUT2D eigenvalue weighted by molar-refractivity contribution is 0.100. The number of aliphatic imine (C=N–C) groups is 1. The van der Waals surface area contributed by atoms with Gasteiger partial charge in [-0.1, -0.05) is 0 Å². The highest BCUT2D eigenvalue weighted by Gasteiger charge is 2.17. The number of hydrogen-bond donors (Lipinski definition) is 1. The molecule has 0 bridgehead atoms. The zero-order valence-electron chi connectivity index (χ0n) is 9.65. The van der Waals surface area contributed by atoms with E-state index in [0.29, 0.717) is 6.42 Å². The van der Waals surface area contributed by atoms with Crippen molar-refractivity contribution in [2.45, 2.75) is 6.42 Å². The summed E-state index contributed by atoms with van der Waals surface area (Å²) in [7, 11) is 0. The molecule has 1 saturated heterocycles. The third-order valence-corrected chi connectivity index (χ3v) is 3.27. The van der Waals surface area contributed by atoms with Gasteiger partial charge in [-0.25, -0.2) is 0 Å². The Labute approximate surface area is 100 Å². The summed E-state index contributed by atoms with van der Waals surface area (Å²) in [5, 5.41) is 3.33. The van der Waals surface area contributed by atoms with E-state index < -0.39 is 0 Å². The number of carbonyl (C=O) groups is 1.